The monoisotopic (exact) mass is 433 g/mol. The second-order valence-corrected chi connectivity index (χ2v) is 7.88. The summed E-state index contributed by atoms with van der Waals surface area (Å²) in [5.41, 5.74) is 3.33. The largest absolute Gasteiger partial charge is 0.471 e. The molecule has 0 amide bonds. The molecule has 3 aromatic rings. The minimum absolute atomic E-state index is 0.0950. The van der Waals surface area contributed by atoms with Gasteiger partial charge >= 0.3 is 0 Å². The first-order valence-electron chi connectivity index (χ1n) is 9.00. The topological polar surface area (TPSA) is 39.4 Å². The molecule has 4 nitrogen and oxygen atoms in total. The van der Waals surface area contributed by atoms with E-state index in [0.717, 1.165) is 23.4 Å². The van der Waals surface area contributed by atoms with Gasteiger partial charge in [-0.05, 0) is 55.8 Å². The van der Waals surface area contributed by atoms with Crippen molar-refractivity contribution in [2.24, 2.45) is 4.99 Å². The minimum atomic E-state index is 0.0950. The number of halogens is 3. The summed E-state index contributed by atoms with van der Waals surface area (Å²) < 4.78 is 8.02. The summed E-state index contributed by atoms with van der Waals surface area (Å²) in [4.78, 5) is 9.42. The maximum Gasteiger partial charge on any atom is 0.237 e. The third-order valence-electron chi connectivity index (χ3n) is 4.74. The van der Waals surface area contributed by atoms with Crippen LogP contribution in [0, 0.1) is 6.92 Å². The van der Waals surface area contributed by atoms with Crippen molar-refractivity contribution in [3.63, 3.8) is 0 Å². The molecular weight excluding hydrogens is 417 g/mol. The smallest absolute Gasteiger partial charge is 0.237 e. The van der Waals surface area contributed by atoms with E-state index in [4.69, 9.17) is 44.5 Å². The van der Waals surface area contributed by atoms with Gasteiger partial charge in [-0.15, -0.1) is 0 Å². The van der Waals surface area contributed by atoms with Crippen LogP contribution in [-0.2, 0) is 4.74 Å². The van der Waals surface area contributed by atoms with Gasteiger partial charge in [0.2, 0.25) is 5.90 Å². The summed E-state index contributed by atoms with van der Waals surface area (Å²) in [5, 5.41) is 1.77. The maximum absolute atomic E-state index is 6.50. The molecule has 0 fully saturated rings. The number of rotatable bonds is 4. The van der Waals surface area contributed by atoms with Crippen LogP contribution < -0.4 is 0 Å². The maximum atomic E-state index is 6.50. The lowest BCUT2D eigenvalue weighted by atomic mass is 10.2. The first-order chi connectivity index (χ1) is 13.5. The van der Waals surface area contributed by atoms with Crippen LogP contribution in [0.5, 0.6) is 0 Å². The number of nitrogens with zero attached hydrogens (tertiary/aromatic N) is 3. The van der Waals surface area contributed by atoms with Crippen molar-refractivity contribution < 1.29 is 4.74 Å². The van der Waals surface area contributed by atoms with E-state index in [1.807, 2.05) is 41.8 Å². The first kappa shape index (κ1) is 19.3. The standard InChI is InChI=1S/C21H18Cl3N3O/c1-3-16-11-25-21(28-16)19-12(2)27(15-7-4-13(22)5-8-15)20(26-19)17-9-6-14(23)10-18(17)24/h4-10,16H,3,11H2,1-2H3. The van der Waals surface area contributed by atoms with E-state index in [9.17, 15) is 0 Å². The number of ether oxygens (including phenoxy) is 1. The Labute approximate surface area is 178 Å². The van der Waals surface area contributed by atoms with Crippen molar-refractivity contribution in [1.82, 2.24) is 9.55 Å². The summed E-state index contributed by atoms with van der Waals surface area (Å²) in [6.07, 6.45) is 0.998. The molecule has 0 aliphatic carbocycles. The second kappa shape index (κ2) is 7.78. The van der Waals surface area contributed by atoms with Crippen LogP contribution in [0.25, 0.3) is 17.1 Å². The van der Waals surface area contributed by atoms with Crippen LogP contribution in [0.4, 0.5) is 0 Å². The van der Waals surface area contributed by atoms with E-state index in [1.165, 1.54) is 0 Å². The summed E-state index contributed by atoms with van der Waals surface area (Å²) in [6.45, 7) is 4.73. The van der Waals surface area contributed by atoms with E-state index in [0.29, 0.717) is 39.0 Å². The summed E-state index contributed by atoms with van der Waals surface area (Å²) in [5.74, 6) is 1.27. The second-order valence-electron chi connectivity index (χ2n) is 6.60. The van der Waals surface area contributed by atoms with Crippen LogP contribution in [0.3, 0.4) is 0 Å². The van der Waals surface area contributed by atoms with E-state index in [2.05, 4.69) is 11.9 Å². The van der Waals surface area contributed by atoms with E-state index in [-0.39, 0.29) is 6.10 Å². The Morgan fingerprint density at radius 3 is 2.43 bits per heavy atom. The summed E-state index contributed by atoms with van der Waals surface area (Å²) in [6, 6.07) is 13.0. The SMILES string of the molecule is CCC1CN=C(c2nc(-c3ccc(Cl)cc3Cl)n(-c3ccc(Cl)cc3)c2C)O1. The molecule has 7 heteroatoms. The predicted molar refractivity (Wildman–Crippen MR) is 115 cm³/mol. The quantitative estimate of drug-likeness (QED) is 0.479. The fraction of sp³-hybridized carbons (Fsp3) is 0.238. The third-order valence-corrected chi connectivity index (χ3v) is 5.54. The highest BCUT2D eigenvalue weighted by Gasteiger charge is 2.27. The Kier molecular flexibility index (Phi) is 5.37. The van der Waals surface area contributed by atoms with Crippen LogP contribution in [0.15, 0.2) is 47.5 Å². The molecule has 2 aromatic carbocycles. The van der Waals surface area contributed by atoms with Crippen LogP contribution in [-0.4, -0.2) is 28.1 Å². The lowest BCUT2D eigenvalue weighted by Crippen LogP contribution is -2.13. The van der Waals surface area contributed by atoms with Crippen molar-refractivity contribution in [2.45, 2.75) is 26.4 Å². The average Bonchev–Trinajstić information content (AvgIpc) is 3.27. The van der Waals surface area contributed by atoms with E-state index >= 15 is 0 Å². The molecule has 2 heterocycles. The predicted octanol–water partition coefficient (Wildman–Crippen LogP) is 6.36. The fourth-order valence-corrected chi connectivity index (χ4v) is 3.84. The number of hydrogen-bond acceptors (Lipinski definition) is 3. The highest BCUT2D eigenvalue weighted by molar-refractivity contribution is 6.36. The molecule has 0 bridgehead atoms. The zero-order valence-electron chi connectivity index (χ0n) is 15.4. The molecule has 0 radical (unpaired) electrons. The molecule has 1 unspecified atom stereocenters. The van der Waals surface area contributed by atoms with Crippen LogP contribution in [0.2, 0.25) is 15.1 Å². The van der Waals surface area contributed by atoms with Gasteiger partial charge in [0.1, 0.15) is 17.6 Å². The number of aromatic nitrogens is 2. The average molecular weight is 435 g/mol. The number of hydrogen-bond donors (Lipinski definition) is 0. The number of imidazole rings is 1. The molecule has 28 heavy (non-hydrogen) atoms. The third kappa shape index (κ3) is 3.52. The van der Waals surface area contributed by atoms with E-state index in [1.54, 1.807) is 12.1 Å². The lowest BCUT2D eigenvalue weighted by molar-refractivity contribution is 0.220. The molecule has 1 aromatic heterocycles. The van der Waals surface area contributed by atoms with Gasteiger partial charge in [0.15, 0.2) is 0 Å². The van der Waals surface area contributed by atoms with Crippen molar-refractivity contribution >= 4 is 40.7 Å². The molecule has 0 spiro atoms. The lowest BCUT2D eigenvalue weighted by Gasteiger charge is -2.12. The molecule has 0 saturated carbocycles. The van der Waals surface area contributed by atoms with Gasteiger partial charge in [-0.2, -0.15) is 0 Å². The zero-order valence-corrected chi connectivity index (χ0v) is 17.7. The highest BCUT2D eigenvalue weighted by Crippen LogP contribution is 2.34. The Hall–Kier alpha value is -2.01. The van der Waals surface area contributed by atoms with Gasteiger partial charge in [-0.1, -0.05) is 41.7 Å². The van der Waals surface area contributed by atoms with Gasteiger partial charge in [0.05, 0.1) is 17.3 Å². The van der Waals surface area contributed by atoms with Gasteiger partial charge in [0.25, 0.3) is 0 Å². The molecule has 0 saturated heterocycles. The molecule has 1 atom stereocenters. The van der Waals surface area contributed by atoms with Gasteiger partial charge in [-0.25, -0.2) is 9.98 Å². The fourth-order valence-electron chi connectivity index (χ4n) is 3.22. The highest BCUT2D eigenvalue weighted by atomic mass is 35.5. The van der Waals surface area contributed by atoms with Crippen molar-refractivity contribution in [3.8, 4) is 17.1 Å². The zero-order chi connectivity index (χ0) is 19.8. The first-order valence-corrected chi connectivity index (χ1v) is 10.1. The molecule has 0 N–H and O–H groups in total. The Morgan fingerprint density at radius 2 is 1.79 bits per heavy atom. The van der Waals surface area contributed by atoms with Crippen molar-refractivity contribution in [2.75, 3.05) is 6.54 Å². The van der Waals surface area contributed by atoms with Crippen LogP contribution in [0.1, 0.15) is 24.7 Å². The summed E-state index contributed by atoms with van der Waals surface area (Å²) >= 11 is 18.7. The van der Waals surface area contributed by atoms with Crippen molar-refractivity contribution in [1.29, 1.82) is 0 Å². The molecular formula is C21H18Cl3N3O. The molecule has 4 rings (SSSR count). The van der Waals surface area contributed by atoms with Crippen LogP contribution >= 0.6 is 34.8 Å². The summed E-state index contributed by atoms with van der Waals surface area (Å²) in [7, 11) is 0. The normalized spacial score (nSPS) is 16.2. The van der Waals surface area contributed by atoms with Gasteiger partial charge in [0, 0.05) is 21.3 Å². The number of benzene rings is 2. The van der Waals surface area contributed by atoms with Gasteiger partial charge in [-0.3, -0.25) is 4.57 Å². The Balaban J connectivity index is 1.91. The molecule has 1 aliphatic heterocycles. The Bertz CT molecular complexity index is 1060. The minimum Gasteiger partial charge on any atom is -0.471 e. The number of aliphatic imine (C=N–C) groups is 1. The van der Waals surface area contributed by atoms with Crippen molar-refractivity contribution in [3.05, 3.63) is 68.9 Å². The van der Waals surface area contributed by atoms with E-state index < -0.39 is 0 Å². The van der Waals surface area contributed by atoms with Gasteiger partial charge < -0.3 is 4.74 Å². The Morgan fingerprint density at radius 1 is 1.07 bits per heavy atom. The molecule has 144 valence electrons. The molecule has 1 aliphatic rings.